The van der Waals surface area contributed by atoms with E-state index in [1.807, 2.05) is 0 Å². The van der Waals surface area contributed by atoms with Crippen LogP contribution in [0.15, 0.2) is 30.3 Å². The van der Waals surface area contributed by atoms with Crippen LogP contribution in [0.2, 0.25) is 0 Å². The van der Waals surface area contributed by atoms with Gasteiger partial charge in [0, 0.05) is 12.1 Å². The van der Waals surface area contributed by atoms with Gasteiger partial charge >= 0.3 is 5.97 Å². The first-order valence-electron chi connectivity index (χ1n) is 8.28. The van der Waals surface area contributed by atoms with Gasteiger partial charge in [-0.05, 0) is 43.7 Å². The van der Waals surface area contributed by atoms with Crippen molar-refractivity contribution >= 4 is 5.97 Å². The summed E-state index contributed by atoms with van der Waals surface area (Å²) < 4.78 is 0. The van der Waals surface area contributed by atoms with E-state index < -0.39 is 5.97 Å². The minimum absolute atomic E-state index is 0.247. The van der Waals surface area contributed by atoms with Crippen LogP contribution >= 0.6 is 0 Å². The van der Waals surface area contributed by atoms with E-state index in [1.165, 1.54) is 31.2 Å². The molecule has 0 amide bonds. The van der Waals surface area contributed by atoms with Gasteiger partial charge < -0.3 is 5.11 Å². The van der Waals surface area contributed by atoms with E-state index in [2.05, 4.69) is 35.2 Å². The number of carboxylic acid groups (broad SMARTS) is 1. The van der Waals surface area contributed by atoms with Gasteiger partial charge in [0.15, 0.2) is 0 Å². The predicted molar refractivity (Wildman–Crippen MR) is 83.4 cm³/mol. The first-order valence-corrected chi connectivity index (χ1v) is 8.28. The highest BCUT2D eigenvalue weighted by Gasteiger charge is 2.37. The molecule has 3 rings (SSSR count). The lowest BCUT2D eigenvalue weighted by Gasteiger charge is -2.41. The van der Waals surface area contributed by atoms with Crippen LogP contribution in [-0.2, 0) is 4.79 Å². The van der Waals surface area contributed by atoms with Crippen molar-refractivity contribution in [2.45, 2.75) is 62.9 Å². The molecule has 1 heterocycles. The van der Waals surface area contributed by atoms with Crippen LogP contribution in [-0.4, -0.2) is 34.6 Å². The van der Waals surface area contributed by atoms with Gasteiger partial charge in [-0.15, -0.1) is 0 Å². The van der Waals surface area contributed by atoms with Crippen molar-refractivity contribution in [1.29, 1.82) is 0 Å². The Morgan fingerprint density at radius 2 is 1.86 bits per heavy atom. The lowest BCUT2D eigenvalue weighted by atomic mass is 9.79. The molecule has 0 bridgehead atoms. The molecular weight excluding hydrogens is 262 g/mol. The van der Waals surface area contributed by atoms with Crippen molar-refractivity contribution in [3.63, 3.8) is 0 Å². The molecule has 3 unspecified atom stereocenters. The summed E-state index contributed by atoms with van der Waals surface area (Å²) in [4.78, 5) is 13.6. The van der Waals surface area contributed by atoms with E-state index in [9.17, 15) is 4.79 Å². The largest absolute Gasteiger partial charge is 0.481 e. The number of hydrogen-bond donors (Lipinski definition) is 1. The monoisotopic (exact) mass is 287 g/mol. The number of likely N-dealkylation sites (tertiary alicyclic amines) is 1. The smallest absolute Gasteiger partial charge is 0.304 e. The summed E-state index contributed by atoms with van der Waals surface area (Å²) >= 11 is 0. The molecule has 0 radical (unpaired) electrons. The molecule has 0 aromatic heterocycles. The van der Waals surface area contributed by atoms with Crippen LogP contribution < -0.4 is 0 Å². The number of nitrogens with zero attached hydrogens (tertiary/aromatic N) is 1. The van der Waals surface area contributed by atoms with Gasteiger partial charge in [0.2, 0.25) is 0 Å². The first-order chi connectivity index (χ1) is 10.3. The number of carbonyl (C=O) groups is 1. The van der Waals surface area contributed by atoms with Crippen molar-refractivity contribution in [2.75, 3.05) is 6.54 Å². The third-order valence-corrected chi connectivity index (χ3v) is 5.22. The van der Waals surface area contributed by atoms with Gasteiger partial charge in [0.25, 0.3) is 0 Å². The molecule has 1 aromatic carbocycles. The Kier molecular flexibility index (Phi) is 4.59. The van der Waals surface area contributed by atoms with Gasteiger partial charge in [-0.1, -0.05) is 43.2 Å². The van der Waals surface area contributed by atoms with E-state index in [0.29, 0.717) is 18.4 Å². The van der Waals surface area contributed by atoms with Crippen LogP contribution in [0.25, 0.3) is 0 Å². The lowest BCUT2D eigenvalue weighted by molar-refractivity contribution is -0.138. The van der Waals surface area contributed by atoms with Gasteiger partial charge in [0.05, 0.1) is 6.42 Å². The third-order valence-electron chi connectivity index (χ3n) is 5.22. The summed E-state index contributed by atoms with van der Waals surface area (Å²) in [5.74, 6) is -0.0756. The predicted octanol–water partition coefficient (Wildman–Crippen LogP) is 3.65. The van der Waals surface area contributed by atoms with Gasteiger partial charge in [-0.3, -0.25) is 9.69 Å². The zero-order valence-electron chi connectivity index (χ0n) is 12.6. The normalized spacial score (nSPS) is 30.4. The molecule has 1 N–H and O–H groups in total. The van der Waals surface area contributed by atoms with E-state index in [4.69, 9.17) is 5.11 Å². The molecule has 2 aliphatic rings. The van der Waals surface area contributed by atoms with E-state index in [1.54, 1.807) is 0 Å². The molecule has 3 atom stereocenters. The molecule has 114 valence electrons. The Labute approximate surface area is 127 Å². The van der Waals surface area contributed by atoms with E-state index in [0.717, 1.165) is 19.4 Å². The standard InChI is InChI=1S/C18H25NO2/c20-18(21)13-15-9-6-12-19(15)17-11-5-4-10-16(17)14-7-2-1-3-8-14/h1-3,7-8,15-17H,4-6,9-13H2,(H,20,21). The molecule has 3 heteroatoms. The summed E-state index contributed by atoms with van der Waals surface area (Å²) in [5, 5.41) is 9.15. The fourth-order valence-electron chi connectivity index (χ4n) is 4.31. The molecule has 0 spiro atoms. The topological polar surface area (TPSA) is 40.5 Å². The second kappa shape index (κ2) is 6.61. The highest BCUT2D eigenvalue weighted by atomic mass is 16.4. The van der Waals surface area contributed by atoms with Gasteiger partial charge in [-0.25, -0.2) is 0 Å². The summed E-state index contributed by atoms with van der Waals surface area (Å²) in [7, 11) is 0. The van der Waals surface area contributed by atoms with Crippen molar-refractivity contribution in [3.8, 4) is 0 Å². The van der Waals surface area contributed by atoms with E-state index >= 15 is 0 Å². The summed E-state index contributed by atoms with van der Waals surface area (Å²) in [5.41, 5.74) is 1.43. The second-order valence-corrected chi connectivity index (χ2v) is 6.50. The molecule has 2 fully saturated rings. The van der Waals surface area contributed by atoms with E-state index in [-0.39, 0.29) is 6.04 Å². The lowest BCUT2D eigenvalue weighted by Crippen LogP contribution is -2.44. The quantitative estimate of drug-likeness (QED) is 0.919. The van der Waals surface area contributed by atoms with Crippen molar-refractivity contribution < 1.29 is 9.90 Å². The Balaban J connectivity index is 1.79. The summed E-state index contributed by atoms with van der Waals surface area (Å²) in [6.07, 6.45) is 7.54. The Hall–Kier alpha value is -1.35. The Morgan fingerprint density at radius 3 is 2.62 bits per heavy atom. The first kappa shape index (κ1) is 14.6. The average Bonchev–Trinajstić information content (AvgIpc) is 2.95. The van der Waals surface area contributed by atoms with Crippen LogP contribution in [0.1, 0.15) is 56.4 Å². The third kappa shape index (κ3) is 3.29. The highest BCUT2D eigenvalue weighted by molar-refractivity contribution is 5.67. The molecule has 1 aliphatic carbocycles. The molecule has 1 aromatic rings. The number of benzene rings is 1. The fraction of sp³-hybridized carbons (Fsp3) is 0.611. The van der Waals surface area contributed by atoms with Gasteiger partial charge in [-0.2, -0.15) is 0 Å². The highest BCUT2D eigenvalue weighted by Crippen LogP contribution is 2.39. The summed E-state index contributed by atoms with van der Waals surface area (Å²) in [6, 6.07) is 11.6. The molecular formula is C18H25NO2. The Morgan fingerprint density at radius 1 is 1.10 bits per heavy atom. The van der Waals surface area contributed by atoms with Crippen LogP contribution in [0, 0.1) is 0 Å². The zero-order valence-corrected chi connectivity index (χ0v) is 12.6. The van der Waals surface area contributed by atoms with Crippen LogP contribution in [0.3, 0.4) is 0 Å². The van der Waals surface area contributed by atoms with Crippen molar-refractivity contribution in [3.05, 3.63) is 35.9 Å². The van der Waals surface area contributed by atoms with Crippen LogP contribution in [0.4, 0.5) is 0 Å². The Bertz CT molecular complexity index is 473. The summed E-state index contributed by atoms with van der Waals surface area (Å²) in [6.45, 7) is 1.08. The number of rotatable bonds is 4. The minimum atomic E-state index is -0.654. The molecule has 1 saturated heterocycles. The molecule has 1 saturated carbocycles. The van der Waals surface area contributed by atoms with Crippen molar-refractivity contribution in [2.24, 2.45) is 0 Å². The molecule has 3 nitrogen and oxygen atoms in total. The maximum Gasteiger partial charge on any atom is 0.304 e. The maximum atomic E-state index is 11.1. The zero-order chi connectivity index (χ0) is 14.7. The number of hydrogen-bond acceptors (Lipinski definition) is 2. The SMILES string of the molecule is O=C(O)CC1CCCN1C1CCCCC1c1ccccc1. The minimum Gasteiger partial charge on any atom is -0.481 e. The number of aliphatic carboxylic acids is 1. The fourth-order valence-corrected chi connectivity index (χ4v) is 4.31. The van der Waals surface area contributed by atoms with Gasteiger partial charge in [0.1, 0.15) is 0 Å². The second-order valence-electron chi connectivity index (χ2n) is 6.50. The molecule has 1 aliphatic heterocycles. The number of carboxylic acids is 1. The average molecular weight is 287 g/mol. The maximum absolute atomic E-state index is 11.1. The molecule has 21 heavy (non-hydrogen) atoms. The van der Waals surface area contributed by atoms with Crippen LogP contribution in [0.5, 0.6) is 0 Å². The van der Waals surface area contributed by atoms with Crippen molar-refractivity contribution in [1.82, 2.24) is 4.90 Å².